The first-order chi connectivity index (χ1) is 10.9. The lowest BCUT2D eigenvalue weighted by Crippen LogP contribution is -2.50. The summed E-state index contributed by atoms with van der Waals surface area (Å²) in [5.41, 5.74) is 0.180. The van der Waals surface area contributed by atoms with Gasteiger partial charge in [0.2, 0.25) is 5.91 Å². The molecule has 0 heterocycles. The Hall–Kier alpha value is -1.53. The number of likely N-dealkylation sites (N-methyl/N-ethyl adjacent to an activating group) is 1. The van der Waals surface area contributed by atoms with Crippen LogP contribution in [-0.4, -0.2) is 41.7 Å². The number of aliphatic hydroxyl groups excluding tert-OH is 1. The maximum absolute atomic E-state index is 13.3. The van der Waals surface area contributed by atoms with E-state index in [2.05, 4.69) is 5.32 Å². The van der Waals surface area contributed by atoms with Crippen molar-refractivity contribution in [2.75, 3.05) is 20.2 Å². The van der Waals surface area contributed by atoms with Gasteiger partial charge in [-0.15, -0.1) is 0 Å². The number of aliphatic hydroxyl groups is 1. The fraction of sp³-hybridized carbons (Fsp3) is 0.588. The highest BCUT2D eigenvalue weighted by atomic mass is 19.2. The van der Waals surface area contributed by atoms with Crippen LogP contribution in [0.25, 0.3) is 0 Å². The molecule has 0 aromatic heterocycles. The maximum Gasteiger partial charge on any atom is 0.236 e. The fourth-order valence-electron chi connectivity index (χ4n) is 3.04. The zero-order valence-corrected chi connectivity index (χ0v) is 13.6. The molecule has 0 saturated heterocycles. The van der Waals surface area contributed by atoms with Crippen LogP contribution in [0.2, 0.25) is 0 Å². The van der Waals surface area contributed by atoms with Crippen molar-refractivity contribution >= 4 is 5.91 Å². The van der Waals surface area contributed by atoms with E-state index in [1.165, 1.54) is 11.0 Å². The van der Waals surface area contributed by atoms with Gasteiger partial charge in [0.05, 0.1) is 19.2 Å². The van der Waals surface area contributed by atoms with Crippen LogP contribution in [0.5, 0.6) is 0 Å². The quantitative estimate of drug-likeness (QED) is 0.844. The number of amides is 1. The Morgan fingerprint density at radius 2 is 2.00 bits per heavy atom. The van der Waals surface area contributed by atoms with E-state index in [9.17, 15) is 18.7 Å². The molecule has 1 unspecified atom stereocenters. The Kier molecular flexibility index (Phi) is 5.70. The Morgan fingerprint density at radius 1 is 1.35 bits per heavy atom. The van der Waals surface area contributed by atoms with Crippen LogP contribution < -0.4 is 5.32 Å². The molecule has 128 valence electrons. The summed E-state index contributed by atoms with van der Waals surface area (Å²) < 4.78 is 26.3. The van der Waals surface area contributed by atoms with Gasteiger partial charge in [-0.1, -0.05) is 18.9 Å². The molecule has 6 heteroatoms. The van der Waals surface area contributed by atoms with Crippen molar-refractivity contribution in [3.63, 3.8) is 0 Å². The van der Waals surface area contributed by atoms with E-state index in [1.807, 2.05) is 0 Å². The minimum Gasteiger partial charge on any atom is -0.394 e. The topological polar surface area (TPSA) is 52.6 Å². The molecule has 1 saturated carbocycles. The number of nitrogens with one attached hydrogen (secondary N) is 1. The second-order valence-electron chi connectivity index (χ2n) is 6.35. The van der Waals surface area contributed by atoms with Gasteiger partial charge in [0, 0.05) is 12.6 Å². The number of nitrogens with zero attached hydrogens (tertiary/aromatic N) is 1. The molecule has 0 aliphatic heterocycles. The lowest BCUT2D eigenvalue weighted by atomic mass is 9.99. The molecule has 0 radical (unpaired) electrons. The molecule has 1 amide bonds. The predicted octanol–water partition coefficient (Wildman–Crippen LogP) is 2.38. The monoisotopic (exact) mass is 326 g/mol. The molecule has 2 N–H and O–H groups in total. The predicted molar refractivity (Wildman–Crippen MR) is 83.8 cm³/mol. The highest BCUT2D eigenvalue weighted by Crippen LogP contribution is 2.29. The van der Waals surface area contributed by atoms with Crippen LogP contribution in [0.3, 0.4) is 0 Å². The van der Waals surface area contributed by atoms with Gasteiger partial charge in [-0.25, -0.2) is 8.78 Å². The largest absolute Gasteiger partial charge is 0.394 e. The Balaban J connectivity index is 1.96. The summed E-state index contributed by atoms with van der Waals surface area (Å²) in [6.45, 7) is 1.90. The van der Waals surface area contributed by atoms with Gasteiger partial charge < -0.3 is 15.3 Å². The van der Waals surface area contributed by atoms with Crippen molar-refractivity contribution < 1.29 is 18.7 Å². The normalized spacial score (nSPS) is 18.0. The van der Waals surface area contributed by atoms with Gasteiger partial charge in [0.15, 0.2) is 11.6 Å². The molecule has 1 aliphatic carbocycles. The van der Waals surface area contributed by atoms with E-state index in [-0.39, 0.29) is 30.6 Å². The van der Waals surface area contributed by atoms with Gasteiger partial charge in [-0.2, -0.15) is 0 Å². The molecule has 1 aromatic carbocycles. The SMILES string of the molecule is CC(c1ccc(F)c(F)c1)N(C)C(=O)CNC1(CO)CCCC1. The van der Waals surface area contributed by atoms with Crippen LogP contribution in [0.4, 0.5) is 8.78 Å². The van der Waals surface area contributed by atoms with Crippen molar-refractivity contribution in [2.45, 2.75) is 44.2 Å². The molecular weight excluding hydrogens is 302 g/mol. The second-order valence-corrected chi connectivity index (χ2v) is 6.35. The zero-order chi connectivity index (χ0) is 17.0. The Labute approximate surface area is 135 Å². The minimum atomic E-state index is -0.918. The van der Waals surface area contributed by atoms with E-state index in [0.29, 0.717) is 5.56 Å². The average molecular weight is 326 g/mol. The summed E-state index contributed by atoms with van der Waals surface area (Å²) >= 11 is 0. The molecule has 23 heavy (non-hydrogen) atoms. The van der Waals surface area contributed by atoms with E-state index < -0.39 is 11.6 Å². The van der Waals surface area contributed by atoms with E-state index >= 15 is 0 Å². The van der Waals surface area contributed by atoms with E-state index in [0.717, 1.165) is 37.8 Å². The van der Waals surface area contributed by atoms with Crippen LogP contribution in [0.1, 0.15) is 44.2 Å². The van der Waals surface area contributed by atoms with Gasteiger partial charge in [0.1, 0.15) is 0 Å². The summed E-state index contributed by atoms with van der Waals surface area (Å²) in [7, 11) is 1.64. The summed E-state index contributed by atoms with van der Waals surface area (Å²) in [5, 5.41) is 12.7. The lowest BCUT2D eigenvalue weighted by molar-refractivity contribution is -0.131. The molecule has 1 aliphatic rings. The molecule has 0 bridgehead atoms. The first-order valence-electron chi connectivity index (χ1n) is 7.95. The Morgan fingerprint density at radius 3 is 2.57 bits per heavy atom. The van der Waals surface area contributed by atoms with E-state index in [4.69, 9.17) is 0 Å². The number of hydrogen-bond donors (Lipinski definition) is 2. The summed E-state index contributed by atoms with van der Waals surface area (Å²) in [6, 6.07) is 3.29. The highest BCUT2D eigenvalue weighted by Gasteiger charge is 2.33. The molecule has 1 fully saturated rings. The first-order valence-corrected chi connectivity index (χ1v) is 7.95. The number of carbonyl (C=O) groups excluding carboxylic acids is 1. The summed E-state index contributed by atoms with van der Waals surface area (Å²) in [4.78, 5) is 13.8. The molecule has 1 atom stereocenters. The number of halogens is 2. The first kappa shape index (κ1) is 17.8. The zero-order valence-electron chi connectivity index (χ0n) is 13.6. The average Bonchev–Trinajstić information content (AvgIpc) is 3.03. The van der Waals surface area contributed by atoms with Gasteiger partial charge in [0.25, 0.3) is 0 Å². The van der Waals surface area contributed by atoms with Gasteiger partial charge in [-0.3, -0.25) is 4.79 Å². The fourth-order valence-corrected chi connectivity index (χ4v) is 3.04. The van der Waals surface area contributed by atoms with Crippen LogP contribution in [-0.2, 0) is 4.79 Å². The maximum atomic E-state index is 13.3. The van der Waals surface area contributed by atoms with Crippen molar-refractivity contribution in [2.24, 2.45) is 0 Å². The summed E-state index contributed by atoms with van der Waals surface area (Å²) in [6.07, 6.45) is 3.81. The minimum absolute atomic E-state index is 0.0166. The van der Waals surface area contributed by atoms with Crippen LogP contribution in [0, 0.1) is 11.6 Å². The van der Waals surface area contributed by atoms with Crippen molar-refractivity contribution in [3.05, 3.63) is 35.4 Å². The summed E-state index contributed by atoms with van der Waals surface area (Å²) in [5.74, 6) is -1.97. The smallest absolute Gasteiger partial charge is 0.236 e. The third-order valence-electron chi connectivity index (χ3n) is 4.88. The number of benzene rings is 1. The second kappa shape index (κ2) is 7.36. The number of rotatable bonds is 6. The number of carbonyl (C=O) groups is 1. The van der Waals surface area contributed by atoms with Crippen molar-refractivity contribution in [1.82, 2.24) is 10.2 Å². The highest BCUT2D eigenvalue weighted by molar-refractivity contribution is 5.78. The Bertz CT molecular complexity index is 560. The molecule has 4 nitrogen and oxygen atoms in total. The van der Waals surface area contributed by atoms with Crippen molar-refractivity contribution in [1.29, 1.82) is 0 Å². The van der Waals surface area contributed by atoms with E-state index in [1.54, 1.807) is 14.0 Å². The lowest BCUT2D eigenvalue weighted by Gasteiger charge is -2.31. The molecular formula is C17H24F2N2O2. The number of hydrogen-bond acceptors (Lipinski definition) is 3. The van der Waals surface area contributed by atoms with Crippen LogP contribution in [0.15, 0.2) is 18.2 Å². The third kappa shape index (κ3) is 4.06. The molecule has 1 aromatic rings. The standard InChI is InChI=1S/C17H24F2N2O2/c1-12(13-5-6-14(18)15(19)9-13)21(2)16(23)10-20-17(11-22)7-3-4-8-17/h5-6,9,12,20,22H,3-4,7-8,10-11H2,1-2H3. The van der Waals surface area contributed by atoms with Crippen LogP contribution >= 0.6 is 0 Å². The molecule has 0 spiro atoms. The third-order valence-corrected chi connectivity index (χ3v) is 4.88. The van der Waals surface area contributed by atoms with Gasteiger partial charge in [-0.05, 0) is 37.5 Å². The van der Waals surface area contributed by atoms with Gasteiger partial charge >= 0.3 is 0 Å². The van der Waals surface area contributed by atoms with Crippen molar-refractivity contribution in [3.8, 4) is 0 Å². The molecule has 2 rings (SSSR count).